The van der Waals surface area contributed by atoms with Gasteiger partial charge in [-0.1, -0.05) is 0 Å². The number of rotatable bonds is 1. The predicted molar refractivity (Wildman–Crippen MR) is 65.7 cm³/mol. The summed E-state index contributed by atoms with van der Waals surface area (Å²) in [6.45, 7) is 3.89. The number of fused-ring (bicyclic) bond motifs is 2. The number of hydrogen-bond acceptors (Lipinski definition) is 3. The number of hydrogen-bond donors (Lipinski definition) is 1. The Labute approximate surface area is 96.2 Å². The van der Waals surface area contributed by atoms with Crippen LogP contribution in [0.5, 0.6) is 0 Å². The van der Waals surface area contributed by atoms with E-state index in [-0.39, 0.29) is 0 Å². The smallest absolute Gasteiger partial charge is 0.0671 e. The zero-order valence-corrected chi connectivity index (χ0v) is 9.65. The van der Waals surface area contributed by atoms with Gasteiger partial charge in [-0.25, -0.2) is 0 Å². The summed E-state index contributed by atoms with van der Waals surface area (Å²) < 4.78 is 5.61. The molecule has 0 unspecified atom stereocenters. The second-order valence-electron chi connectivity index (χ2n) is 4.88. The monoisotopic (exact) mass is 218 g/mol. The number of anilines is 2. The van der Waals surface area contributed by atoms with Gasteiger partial charge in [-0.2, -0.15) is 0 Å². The number of ether oxygens (including phenoxy) is 1. The van der Waals surface area contributed by atoms with Crippen molar-refractivity contribution in [3.8, 4) is 0 Å². The summed E-state index contributed by atoms with van der Waals surface area (Å²) in [5.74, 6) is 0. The lowest BCUT2D eigenvalue weighted by Crippen LogP contribution is -2.46. The fourth-order valence-electron chi connectivity index (χ4n) is 2.99. The van der Waals surface area contributed by atoms with E-state index in [1.165, 1.54) is 24.1 Å². The second-order valence-corrected chi connectivity index (χ2v) is 4.88. The fourth-order valence-corrected chi connectivity index (χ4v) is 2.99. The molecule has 2 aliphatic heterocycles. The molecule has 0 spiro atoms. The van der Waals surface area contributed by atoms with E-state index in [0.29, 0.717) is 12.1 Å². The summed E-state index contributed by atoms with van der Waals surface area (Å²) in [6, 6.07) is 7.35. The van der Waals surface area contributed by atoms with Gasteiger partial charge in [0.2, 0.25) is 0 Å². The van der Waals surface area contributed by atoms with Gasteiger partial charge in [-0.15, -0.1) is 0 Å². The molecule has 0 saturated carbocycles. The van der Waals surface area contributed by atoms with Crippen molar-refractivity contribution in [1.29, 1.82) is 0 Å². The first-order valence-electron chi connectivity index (χ1n) is 5.98. The average molecular weight is 218 g/mol. The van der Waals surface area contributed by atoms with Crippen molar-refractivity contribution in [1.82, 2.24) is 0 Å². The molecule has 0 aliphatic carbocycles. The average Bonchev–Trinajstić information content (AvgIpc) is 2.50. The van der Waals surface area contributed by atoms with Crippen LogP contribution in [0, 0.1) is 6.92 Å². The van der Waals surface area contributed by atoms with E-state index in [1.807, 2.05) is 6.07 Å². The molecule has 86 valence electrons. The molecule has 2 bridgehead atoms. The number of benzene rings is 1. The Hall–Kier alpha value is -1.22. The highest BCUT2D eigenvalue weighted by molar-refractivity contribution is 5.61. The third-order valence-corrected chi connectivity index (χ3v) is 3.74. The third kappa shape index (κ3) is 1.47. The topological polar surface area (TPSA) is 38.5 Å². The Morgan fingerprint density at radius 2 is 1.94 bits per heavy atom. The van der Waals surface area contributed by atoms with Crippen LogP contribution in [0.2, 0.25) is 0 Å². The van der Waals surface area contributed by atoms with E-state index in [2.05, 4.69) is 24.0 Å². The van der Waals surface area contributed by atoms with E-state index in [4.69, 9.17) is 10.5 Å². The van der Waals surface area contributed by atoms with Crippen LogP contribution in [0.4, 0.5) is 11.4 Å². The maximum Gasteiger partial charge on any atom is 0.0671 e. The Balaban J connectivity index is 1.97. The molecule has 0 aromatic heterocycles. The molecule has 1 aromatic carbocycles. The molecular formula is C13H18N2O. The molecule has 3 rings (SSSR count). The third-order valence-electron chi connectivity index (χ3n) is 3.74. The highest BCUT2D eigenvalue weighted by Gasteiger charge is 2.37. The van der Waals surface area contributed by atoms with Crippen LogP contribution >= 0.6 is 0 Å². The van der Waals surface area contributed by atoms with Crippen LogP contribution in [0.3, 0.4) is 0 Å². The van der Waals surface area contributed by atoms with Crippen molar-refractivity contribution in [3.63, 3.8) is 0 Å². The van der Waals surface area contributed by atoms with Crippen LogP contribution in [-0.4, -0.2) is 25.3 Å². The summed E-state index contributed by atoms with van der Waals surface area (Å²) in [5.41, 5.74) is 9.26. The molecule has 2 fully saturated rings. The van der Waals surface area contributed by atoms with E-state index in [0.717, 1.165) is 18.9 Å². The van der Waals surface area contributed by atoms with Crippen molar-refractivity contribution < 1.29 is 4.74 Å². The predicted octanol–water partition coefficient (Wildman–Crippen LogP) is 1.94. The van der Waals surface area contributed by atoms with Crippen molar-refractivity contribution in [2.45, 2.75) is 31.8 Å². The van der Waals surface area contributed by atoms with Gasteiger partial charge < -0.3 is 15.4 Å². The van der Waals surface area contributed by atoms with Crippen LogP contribution < -0.4 is 10.6 Å². The lowest BCUT2D eigenvalue weighted by molar-refractivity contribution is 0.0906. The SMILES string of the molecule is Cc1cc(N)ccc1N1[C@@H]2CC[C@H]1COC2. The summed E-state index contributed by atoms with van der Waals surface area (Å²) in [4.78, 5) is 2.54. The minimum Gasteiger partial charge on any atom is -0.399 e. The molecule has 2 saturated heterocycles. The van der Waals surface area contributed by atoms with Crippen molar-refractivity contribution in [2.24, 2.45) is 0 Å². The van der Waals surface area contributed by atoms with Gasteiger partial charge in [0.05, 0.1) is 25.3 Å². The molecule has 2 heterocycles. The van der Waals surface area contributed by atoms with Gasteiger partial charge in [0.1, 0.15) is 0 Å². The highest BCUT2D eigenvalue weighted by Crippen LogP contribution is 2.36. The van der Waals surface area contributed by atoms with Crippen LogP contribution in [0.25, 0.3) is 0 Å². The molecule has 2 N–H and O–H groups in total. The summed E-state index contributed by atoms with van der Waals surface area (Å²) >= 11 is 0. The molecule has 0 radical (unpaired) electrons. The van der Waals surface area contributed by atoms with Gasteiger partial charge in [0, 0.05) is 11.4 Å². The summed E-state index contributed by atoms with van der Waals surface area (Å²) in [6.07, 6.45) is 2.52. The number of morpholine rings is 1. The number of nitrogens with zero attached hydrogens (tertiary/aromatic N) is 1. The molecular weight excluding hydrogens is 200 g/mol. The van der Waals surface area contributed by atoms with E-state index in [1.54, 1.807) is 0 Å². The van der Waals surface area contributed by atoms with Gasteiger partial charge >= 0.3 is 0 Å². The summed E-state index contributed by atoms with van der Waals surface area (Å²) in [5, 5.41) is 0. The van der Waals surface area contributed by atoms with Gasteiger partial charge in [-0.3, -0.25) is 0 Å². The number of aryl methyl sites for hydroxylation is 1. The highest BCUT2D eigenvalue weighted by atomic mass is 16.5. The van der Waals surface area contributed by atoms with Gasteiger partial charge in [-0.05, 0) is 43.5 Å². The largest absolute Gasteiger partial charge is 0.399 e. The first-order chi connectivity index (χ1) is 7.75. The molecule has 16 heavy (non-hydrogen) atoms. The molecule has 1 aromatic rings. The van der Waals surface area contributed by atoms with E-state index >= 15 is 0 Å². The van der Waals surface area contributed by atoms with Crippen molar-refractivity contribution in [2.75, 3.05) is 23.8 Å². The zero-order valence-electron chi connectivity index (χ0n) is 9.65. The Morgan fingerprint density at radius 1 is 1.25 bits per heavy atom. The van der Waals surface area contributed by atoms with Crippen LogP contribution in [-0.2, 0) is 4.74 Å². The van der Waals surface area contributed by atoms with Crippen LogP contribution in [0.1, 0.15) is 18.4 Å². The molecule has 0 amide bonds. The van der Waals surface area contributed by atoms with E-state index in [9.17, 15) is 0 Å². The zero-order chi connectivity index (χ0) is 11.1. The van der Waals surface area contributed by atoms with Crippen molar-refractivity contribution >= 4 is 11.4 Å². The minimum atomic E-state index is 0.570. The van der Waals surface area contributed by atoms with Crippen molar-refractivity contribution in [3.05, 3.63) is 23.8 Å². The Kier molecular flexibility index (Phi) is 2.28. The first kappa shape index (κ1) is 9.97. The maximum absolute atomic E-state index is 5.80. The minimum absolute atomic E-state index is 0.570. The van der Waals surface area contributed by atoms with Gasteiger partial charge in [0.25, 0.3) is 0 Å². The molecule has 2 atom stereocenters. The lowest BCUT2D eigenvalue weighted by atomic mass is 10.1. The van der Waals surface area contributed by atoms with E-state index < -0.39 is 0 Å². The standard InChI is InChI=1S/C13H18N2O/c1-9-6-10(14)2-5-13(9)15-11-3-4-12(15)8-16-7-11/h2,5-6,11-12H,3-4,7-8,14H2,1H3/t11-,12+. The quantitative estimate of drug-likeness (QED) is 0.732. The maximum atomic E-state index is 5.80. The number of nitrogens with two attached hydrogens (primary N) is 1. The second kappa shape index (κ2) is 3.67. The summed E-state index contributed by atoms with van der Waals surface area (Å²) in [7, 11) is 0. The molecule has 3 nitrogen and oxygen atoms in total. The Bertz CT molecular complexity index is 389. The normalized spacial score (nSPS) is 28.4. The Morgan fingerprint density at radius 3 is 2.56 bits per heavy atom. The van der Waals surface area contributed by atoms with Gasteiger partial charge in [0.15, 0.2) is 0 Å². The number of nitrogen functional groups attached to an aromatic ring is 1. The molecule has 3 heteroatoms. The fraction of sp³-hybridized carbons (Fsp3) is 0.538. The lowest BCUT2D eigenvalue weighted by Gasteiger charge is -2.37. The molecule has 2 aliphatic rings. The van der Waals surface area contributed by atoms with Crippen LogP contribution in [0.15, 0.2) is 18.2 Å². The first-order valence-corrected chi connectivity index (χ1v) is 5.98.